The molecular weight excluding hydrogens is 349 g/mol. The van der Waals surface area contributed by atoms with Crippen molar-refractivity contribution in [3.63, 3.8) is 0 Å². The monoisotopic (exact) mass is 372 g/mol. The van der Waals surface area contributed by atoms with Crippen molar-refractivity contribution in [3.05, 3.63) is 18.0 Å². The van der Waals surface area contributed by atoms with Crippen LogP contribution in [0.1, 0.15) is 31.9 Å². The summed E-state index contributed by atoms with van der Waals surface area (Å²) in [6, 6.07) is 1.10. The molecule has 1 aromatic rings. The first-order valence-electron chi connectivity index (χ1n) is 8.80. The summed E-state index contributed by atoms with van der Waals surface area (Å²) in [7, 11) is 0. The Hall–Kier alpha value is -2.10. The van der Waals surface area contributed by atoms with Gasteiger partial charge in [0.1, 0.15) is 5.69 Å². The number of ether oxygens (including phenoxy) is 1. The van der Waals surface area contributed by atoms with Gasteiger partial charge in [-0.15, -0.1) is 0 Å². The van der Waals surface area contributed by atoms with Crippen LogP contribution in [0.15, 0.2) is 17.3 Å². The summed E-state index contributed by atoms with van der Waals surface area (Å²) in [5.41, 5.74) is -0.968. The number of rotatable bonds is 6. The quantitative estimate of drug-likeness (QED) is 0.401. The second kappa shape index (κ2) is 8.07. The van der Waals surface area contributed by atoms with Crippen LogP contribution >= 0.6 is 0 Å². The molecule has 2 aliphatic rings. The van der Waals surface area contributed by atoms with E-state index in [0.717, 1.165) is 38.1 Å². The second-order valence-corrected chi connectivity index (χ2v) is 6.31. The smallest absolute Gasteiger partial charge is 0.373 e. The SMILES string of the molecule is CCNC(=NCCNc1nccc(C(F)(F)F)n1)NC1CC2CCC1O2. The summed E-state index contributed by atoms with van der Waals surface area (Å²) < 4.78 is 43.7. The first-order chi connectivity index (χ1) is 12.5. The van der Waals surface area contributed by atoms with E-state index in [1.54, 1.807) is 0 Å². The molecule has 0 aromatic carbocycles. The third-order valence-corrected chi connectivity index (χ3v) is 4.38. The lowest BCUT2D eigenvalue weighted by atomic mass is 9.96. The molecule has 144 valence electrons. The van der Waals surface area contributed by atoms with Gasteiger partial charge in [-0.2, -0.15) is 13.2 Å². The van der Waals surface area contributed by atoms with E-state index in [9.17, 15) is 13.2 Å². The van der Waals surface area contributed by atoms with Gasteiger partial charge in [0.05, 0.1) is 24.8 Å². The molecule has 0 saturated carbocycles. The molecule has 10 heteroatoms. The second-order valence-electron chi connectivity index (χ2n) is 6.31. The van der Waals surface area contributed by atoms with E-state index in [4.69, 9.17) is 4.74 Å². The summed E-state index contributed by atoms with van der Waals surface area (Å²) in [6.07, 6.45) is 0.351. The number of hydrogen-bond donors (Lipinski definition) is 3. The van der Waals surface area contributed by atoms with Gasteiger partial charge in [-0.05, 0) is 32.3 Å². The van der Waals surface area contributed by atoms with E-state index < -0.39 is 11.9 Å². The lowest BCUT2D eigenvalue weighted by Gasteiger charge is -2.22. The zero-order valence-electron chi connectivity index (χ0n) is 14.5. The predicted molar refractivity (Wildman–Crippen MR) is 90.9 cm³/mol. The average molecular weight is 372 g/mol. The van der Waals surface area contributed by atoms with Crippen LogP contribution in [0.3, 0.4) is 0 Å². The van der Waals surface area contributed by atoms with Gasteiger partial charge in [-0.25, -0.2) is 9.97 Å². The normalized spacial score (nSPS) is 25.4. The van der Waals surface area contributed by atoms with E-state index in [1.807, 2.05) is 6.92 Å². The van der Waals surface area contributed by atoms with Crippen LogP contribution in [-0.2, 0) is 10.9 Å². The molecule has 1 aromatic heterocycles. The Labute approximate surface area is 149 Å². The van der Waals surface area contributed by atoms with Crippen molar-refractivity contribution in [2.75, 3.05) is 25.0 Å². The molecule has 3 heterocycles. The van der Waals surface area contributed by atoms with Gasteiger partial charge in [0, 0.05) is 19.3 Å². The molecule has 3 unspecified atom stereocenters. The van der Waals surface area contributed by atoms with Crippen LogP contribution < -0.4 is 16.0 Å². The van der Waals surface area contributed by atoms with E-state index in [1.165, 1.54) is 0 Å². The highest BCUT2D eigenvalue weighted by Gasteiger charge is 2.41. The Balaban J connectivity index is 1.49. The molecule has 2 fully saturated rings. The van der Waals surface area contributed by atoms with Crippen LogP contribution in [0.4, 0.5) is 19.1 Å². The van der Waals surface area contributed by atoms with Gasteiger partial charge in [-0.1, -0.05) is 0 Å². The Morgan fingerprint density at radius 3 is 2.88 bits per heavy atom. The lowest BCUT2D eigenvalue weighted by molar-refractivity contribution is -0.141. The van der Waals surface area contributed by atoms with E-state index in [0.29, 0.717) is 25.2 Å². The number of nitrogens with zero attached hydrogens (tertiary/aromatic N) is 3. The molecular formula is C16H23F3N6O. The first kappa shape index (κ1) is 18.7. The van der Waals surface area contributed by atoms with Crippen LogP contribution in [0.2, 0.25) is 0 Å². The van der Waals surface area contributed by atoms with Crippen molar-refractivity contribution in [1.82, 2.24) is 20.6 Å². The molecule has 0 spiro atoms. The molecule has 3 rings (SSSR count). The van der Waals surface area contributed by atoms with E-state index in [2.05, 4.69) is 30.9 Å². The molecule has 2 bridgehead atoms. The zero-order valence-corrected chi connectivity index (χ0v) is 14.5. The maximum Gasteiger partial charge on any atom is 0.433 e. The Morgan fingerprint density at radius 1 is 1.38 bits per heavy atom. The fraction of sp³-hybridized carbons (Fsp3) is 0.688. The topological polar surface area (TPSA) is 83.5 Å². The Bertz CT molecular complexity index is 639. The van der Waals surface area contributed by atoms with Gasteiger partial charge in [0.25, 0.3) is 0 Å². The molecule has 2 aliphatic heterocycles. The fourth-order valence-corrected chi connectivity index (χ4v) is 3.22. The fourth-order valence-electron chi connectivity index (χ4n) is 3.22. The third-order valence-electron chi connectivity index (χ3n) is 4.38. The number of fused-ring (bicyclic) bond motifs is 2. The van der Waals surface area contributed by atoms with Crippen molar-refractivity contribution in [2.45, 2.75) is 50.6 Å². The molecule has 0 aliphatic carbocycles. The number of anilines is 1. The molecule has 3 atom stereocenters. The Kier molecular flexibility index (Phi) is 5.80. The summed E-state index contributed by atoms with van der Waals surface area (Å²) >= 11 is 0. The van der Waals surface area contributed by atoms with Crippen LogP contribution in [0, 0.1) is 0 Å². The lowest BCUT2D eigenvalue weighted by Crippen LogP contribution is -2.47. The van der Waals surface area contributed by atoms with Crippen molar-refractivity contribution in [1.29, 1.82) is 0 Å². The minimum Gasteiger partial charge on any atom is -0.373 e. The highest BCUT2D eigenvalue weighted by molar-refractivity contribution is 5.80. The number of nitrogens with one attached hydrogen (secondary N) is 3. The van der Waals surface area contributed by atoms with Gasteiger partial charge >= 0.3 is 6.18 Å². The van der Waals surface area contributed by atoms with Gasteiger partial charge in [-0.3, -0.25) is 4.99 Å². The maximum atomic E-state index is 12.6. The molecule has 0 radical (unpaired) electrons. The number of alkyl halides is 3. The average Bonchev–Trinajstić information content (AvgIpc) is 3.21. The number of aliphatic imine (C=N–C) groups is 1. The summed E-state index contributed by atoms with van der Waals surface area (Å²) in [6.45, 7) is 3.39. The highest BCUT2D eigenvalue weighted by Crippen LogP contribution is 2.34. The van der Waals surface area contributed by atoms with E-state index >= 15 is 0 Å². The highest BCUT2D eigenvalue weighted by atomic mass is 19.4. The van der Waals surface area contributed by atoms with Gasteiger partial charge < -0.3 is 20.7 Å². The number of hydrogen-bond acceptors (Lipinski definition) is 5. The standard InChI is InChI=1S/C16H23F3N6O/c1-2-20-14(24-11-9-10-3-4-12(11)26-10)22-7-8-23-15-21-6-5-13(25-15)16(17,18)19/h5-6,10-12H,2-4,7-9H2,1H3,(H2,20,22,24)(H,21,23,25). The molecule has 7 nitrogen and oxygen atoms in total. The number of guanidine groups is 1. The van der Waals surface area contributed by atoms with Crippen LogP contribution in [0.5, 0.6) is 0 Å². The first-order valence-corrected chi connectivity index (χ1v) is 8.80. The minimum absolute atomic E-state index is 0.0607. The molecule has 3 N–H and O–H groups in total. The van der Waals surface area contributed by atoms with Gasteiger partial charge in [0.15, 0.2) is 5.96 Å². The van der Waals surface area contributed by atoms with Crippen LogP contribution in [0.25, 0.3) is 0 Å². The summed E-state index contributed by atoms with van der Waals surface area (Å²) in [5, 5.41) is 9.32. The number of halogens is 3. The zero-order chi connectivity index (χ0) is 18.6. The molecule has 2 saturated heterocycles. The van der Waals surface area contributed by atoms with E-state index in [-0.39, 0.29) is 18.1 Å². The molecule has 26 heavy (non-hydrogen) atoms. The number of aromatic nitrogens is 2. The van der Waals surface area contributed by atoms with Crippen molar-refractivity contribution >= 4 is 11.9 Å². The summed E-state index contributed by atoms with van der Waals surface area (Å²) in [4.78, 5) is 11.7. The molecule has 0 amide bonds. The minimum atomic E-state index is -4.48. The van der Waals surface area contributed by atoms with Crippen molar-refractivity contribution < 1.29 is 17.9 Å². The third kappa shape index (κ3) is 4.75. The van der Waals surface area contributed by atoms with Crippen LogP contribution in [-0.4, -0.2) is 53.8 Å². The largest absolute Gasteiger partial charge is 0.433 e. The predicted octanol–water partition coefficient (Wildman–Crippen LogP) is 1.78. The van der Waals surface area contributed by atoms with Gasteiger partial charge in [0.2, 0.25) is 5.95 Å². The summed E-state index contributed by atoms with van der Waals surface area (Å²) in [5.74, 6) is 0.620. The Morgan fingerprint density at radius 2 is 2.23 bits per heavy atom. The van der Waals surface area contributed by atoms with Crippen molar-refractivity contribution in [3.8, 4) is 0 Å². The maximum absolute atomic E-state index is 12.6. The van der Waals surface area contributed by atoms with Crippen molar-refractivity contribution in [2.24, 2.45) is 4.99 Å².